The van der Waals surface area contributed by atoms with Crippen LogP contribution in [0.15, 0.2) is 39.8 Å². The van der Waals surface area contributed by atoms with Gasteiger partial charge < -0.3 is 14.6 Å². The molecular formula is C19H23N3O6S. The summed E-state index contributed by atoms with van der Waals surface area (Å²) >= 11 is 0. The van der Waals surface area contributed by atoms with E-state index in [9.17, 15) is 18.0 Å². The Morgan fingerprint density at radius 2 is 1.90 bits per heavy atom. The highest BCUT2D eigenvalue weighted by atomic mass is 32.2. The van der Waals surface area contributed by atoms with Crippen LogP contribution in [0.3, 0.4) is 0 Å². The molecule has 0 aliphatic carbocycles. The molecule has 1 aromatic carbocycles. The number of nitrogens with one attached hydrogen (secondary N) is 2. The van der Waals surface area contributed by atoms with Crippen molar-refractivity contribution < 1.29 is 27.3 Å². The first-order valence-corrected chi connectivity index (χ1v) is 10.3. The van der Waals surface area contributed by atoms with E-state index in [0.717, 1.165) is 5.56 Å². The normalized spacial score (nSPS) is 12.7. The third-order valence-corrected chi connectivity index (χ3v) is 5.62. The molecule has 1 amide bonds. The van der Waals surface area contributed by atoms with Crippen molar-refractivity contribution in [3.8, 4) is 0 Å². The van der Waals surface area contributed by atoms with Crippen LogP contribution in [0.4, 0.5) is 5.69 Å². The van der Waals surface area contributed by atoms with Crippen LogP contribution < -0.4 is 10.0 Å². The predicted octanol–water partition coefficient (Wildman–Crippen LogP) is 2.17. The van der Waals surface area contributed by atoms with E-state index in [1.54, 1.807) is 37.3 Å². The molecule has 0 radical (unpaired) electrons. The number of sulfonamides is 1. The molecule has 0 bridgehead atoms. The van der Waals surface area contributed by atoms with Crippen LogP contribution in [-0.2, 0) is 24.3 Å². The maximum absolute atomic E-state index is 12.5. The molecule has 2 N–H and O–H groups in total. The Bertz CT molecular complexity index is 990. The van der Waals surface area contributed by atoms with Crippen LogP contribution in [0.2, 0.25) is 0 Å². The highest BCUT2D eigenvalue weighted by Crippen LogP contribution is 2.19. The highest BCUT2D eigenvalue weighted by Gasteiger charge is 2.28. The average Bonchev–Trinajstić information content (AvgIpc) is 3.00. The number of anilines is 1. The van der Waals surface area contributed by atoms with Gasteiger partial charge in [-0.3, -0.25) is 4.79 Å². The van der Waals surface area contributed by atoms with Gasteiger partial charge in [-0.25, -0.2) is 13.2 Å². The van der Waals surface area contributed by atoms with Gasteiger partial charge in [0.2, 0.25) is 15.9 Å². The van der Waals surface area contributed by atoms with Gasteiger partial charge in [-0.1, -0.05) is 17.3 Å². The molecule has 0 unspecified atom stereocenters. The zero-order chi connectivity index (χ0) is 21.6. The van der Waals surface area contributed by atoms with Crippen molar-refractivity contribution in [2.75, 3.05) is 11.9 Å². The van der Waals surface area contributed by atoms with Crippen LogP contribution in [0.5, 0.6) is 0 Å². The van der Waals surface area contributed by atoms with Gasteiger partial charge in [-0.2, -0.15) is 4.72 Å². The van der Waals surface area contributed by atoms with Gasteiger partial charge in [0.15, 0.2) is 5.76 Å². The lowest BCUT2D eigenvalue weighted by Gasteiger charge is -2.14. The van der Waals surface area contributed by atoms with Crippen molar-refractivity contribution in [3.05, 3.63) is 47.4 Å². The second kappa shape index (κ2) is 9.48. The number of aromatic nitrogens is 1. The Labute approximate surface area is 169 Å². The van der Waals surface area contributed by atoms with Crippen molar-refractivity contribution in [2.45, 2.75) is 38.6 Å². The van der Waals surface area contributed by atoms with Crippen LogP contribution in [-0.4, -0.2) is 38.1 Å². The monoisotopic (exact) mass is 421 g/mol. The Morgan fingerprint density at radius 1 is 1.24 bits per heavy atom. The predicted molar refractivity (Wildman–Crippen MR) is 106 cm³/mol. The fraction of sp³-hybridized carbons (Fsp3) is 0.316. The van der Waals surface area contributed by atoms with Crippen molar-refractivity contribution >= 4 is 33.7 Å². The molecule has 2 aromatic rings. The molecule has 0 saturated heterocycles. The molecule has 0 fully saturated rings. The molecule has 9 nitrogen and oxygen atoms in total. The van der Waals surface area contributed by atoms with Gasteiger partial charge in [0.25, 0.3) is 0 Å². The van der Waals surface area contributed by atoms with Crippen LogP contribution >= 0.6 is 0 Å². The summed E-state index contributed by atoms with van der Waals surface area (Å²) in [4.78, 5) is 23.6. The fourth-order valence-corrected chi connectivity index (χ4v) is 4.02. The molecular weight excluding hydrogens is 398 g/mol. The number of benzene rings is 1. The number of carbonyl (C=O) groups is 2. The summed E-state index contributed by atoms with van der Waals surface area (Å²) in [5, 5.41) is 6.25. The first-order chi connectivity index (χ1) is 13.6. The Hall–Kier alpha value is -2.98. The van der Waals surface area contributed by atoms with Crippen molar-refractivity contribution in [1.29, 1.82) is 0 Å². The number of hydrogen-bond acceptors (Lipinski definition) is 7. The number of ether oxygens (including phenoxy) is 1. The Kier molecular flexibility index (Phi) is 7.29. The topological polar surface area (TPSA) is 128 Å². The summed E-state index contributed by atoms with van der Waals surface area (Å²) < 4.78 is 37.0. The first-order valence-electron chi connectivity index (χ1n) is 8.85. The van der Waals surface area contributed by atoms with E-state index in [4.69, 9.17) is 9.26 Å². The van der Waals surface area contributed by atoms with Gasteiger partial charge >= 0.3 is 5.97 Å². The second-order valence-corrected chi connectivity index (χ2v) is 7.84. The number of hydrogen-bond donors (Lipinski definition) is 2. The SMILES string of the molecule is CCOC(=O)/C=C/c1ccc(NC(=O)[C@H](C)NS(=O)(=O)c2c(C)noc2C)cc1. The summed E-state index contributed by atoms with van der Waals surface area (Å²) in [6.07, 6.45) is 2.90. The van der Waals surface area contributed by atoms with Crippen LogP contribution in [0.25, 0.3) is 6.08 Å². The van der Waals surface area contributed by atoms with E-state index >= 15 is 0 Å². The van der Waals surface area contributed by atoms with Gasteiger partial charge in [0, 0.05) is 11.8 Å². The summed E-state index contributed by atoms with van der Waals surface area (Å²) in [7, 11) is -3.96. The largest absolute Gasteiger partial charge is 0.463 e. The van der Waals surface area contributed by atoms with E-state index in [2.05, 4.69) is 15.2 Å². The summed E-state index contributed by atoms with van der Waals surface area (Å²) in [6.45, 7) is 6.44. The molecule has 0 aliphatic rings. The number of nitrogens with zero attached hydrogens (tertiary/aromatic N) is 1. The minimum absolute atomic E-state index is 0.0742. The lowest BCUT2D eigenvalue weighted by atomic mass is 10.2. The minimum Gasteiger partial charge on any atom is -0.463 e. The maximum Gasteiger partial charge on any atom is 0.330 e. The molecule has 0 saturated carbocycles. The third-order valence-electron chi connectivity index (χ3n) is 3.84. The standard InChI is InChI=1S/C19H23N3O6S/c1-5-27-17(23)11-8-15-6-9-16(10-7-15)20-19(24)13(3)22-29(25,26)18-12(2)21-28-14(18)4/h6-11,13,22H,5H2,1-4H3,(H,20,24)/b11-8+/t13-/m0/s1. The van der Waals surface area contributed by atoms with Gasteiger partial charge in [0.05, 0.1) is 12.6 Å². The molecule has 29 heavy (non-hydrogen) atoms. The van der Waals surface area contributed by atoms with Gasteiger partial charge in [0.1, 0.15) is 10.6 Å². The molecule has 0 spiro atoms. The minimum atomic E-state index is -3.96. The molecule has 1 aromatic heterocycles. The first kappa shape index (κ1) is 22.3. The Morgan fingerprint density at radius 3 is 2.45 bits per heavy atom. The van der Waals surface area contributed by atoms with Crippen LogP contribution in [0.1, 0.15) is 30.9 Å². The van der Waals surface area contributed by atoms with Crippen LogP contribution in [0, 0.1) is 13.8 Å². The molecule has 2 rings (SSSR count). The molecule has 0 aliphatic heterocycles. The van der Waals surface area contributed by atoms with Crippen molar-refractivity contribution in [1.82, 2.24) is 9.88 Å². The number of aryl methyl sites for hydroxylation is 2. The average molecular weight is 421 g/mol. The van der Waals surface area contributed by atoms with Crippen molar-refractivity contribution in [2.24, 2.45) is 0 Å². The quantitative estimate of drug-likeness (QED) is 0.494. The van der Waals surface area contributed by atoms with E-state index in [1.165, 1.54) is 26.8 Å². The number of rotatable bonds is 8. The molecule has 156 valence electrons. The fourth-order valence-electron chi connectivity index (χ4n) is 2.49. The molecule has 1 atom stereocenters. The number of esters is 1. The van der Waals surface area contributed by atoms with E-state index in [-0.39, 0.29) is 16.3 Å². The molecule has 1 heterocycles. The van der Waals surface area contributed by atoms with Gasteiger partial charge in [-0.05, 0) is 51.5 Å². The second-order valence-electron chi connectivity index (χ2n) is 6.19. The lowest BCUT2D eigenvalue weighted by molar-refractivity contribution is -0.137. The highest BCUT2D eigenvalue weighted by molar-refractivity contribution is 7.89. The maximum atomic E-state index is 12.5. The Balaban J connectivity index is 2.00. The van der Waals surface area contributed by atoms with E-state index in [1.807, 2.05) is 0 Å². The van der Waals surface area contributed by atoms with E-state index < -0.39 is 27.9 Å². The number of carbonyl (C=O) groups excluding carboxylic acids is 2. The van der Waals surface area contributed by atoms with E-state index in [0.29, 0.717) is 12.3 Å². The zero-order valence-electron chi connectivity index (χ0n) is 16.6. The zero-order valence-corrected chi connectivity index (χ0v) is 17.4. The van der Waals surface area contributed by atoms with Gasteiger partial charge in [-0.15, -0.1) is 0 Å². The smallest absolute Gasteiger partial charge is 0.330 e. The lowest BCUT2D eigenvalue weighted by Crippen LogP contribution is -2.41. The van der Waals surface area contributed by atoms with Crippen molar-refractivity contribution in [3.63, 3.8) is 0 Å². The number of amides is 1. The summed E-state index contributed by atoms with van der Waals surface area (Å²) in [5.41, 5.74) is 1.43. The third kappa shape index (κ3) is 6.00. The summed E-state index contributed by atoms with van der Waals surface area (Å²) in [5.74, 6) is -0.825. The molecule has 10 heteroatoms. The summed E-state index contributed by atoms with van der Waals surface area (Å²) in [6, 6.07) is 5.64.